The predicted molar refractivity (Wildman–Crippen MR) is 151 cm³/mol. The van der Waals surface area contributed by atoms with E-state index >= 15 is 0 Å². The summed E-state index contributed by atoms with van der Waals surface area (Å²) in [5.41, 5.74) is 1.17. The number of sulfonamides is 1. The van der Waals surface area contributed by atoms with Crippen LogP contribution in [0.15, 0.2) is 77.7 Å². The van der Waals surface area contributed by atoms with Crippen LogP contribution >= 0.6 is 0 Å². The van der Waals surface area contributed by atoms with Crippen LogP contribution in [0, 0.1) is 0 Å². The maximum Gasteiger partial charge on any atom is 0.263 e. The number of aromatic nitrogens is 2. The van der Waals surface area contributed by atoms with Gasteiger partial charge in [0.1, 0.15) is 12.4 Å². The molecule has 0 amide bonds. The summed E-state index contributed by atoms with van der Waals surface area (Å²) in [4.78, 5) is 8.77. The SMILES string of the molecule is CCC(O)COc1nc(-c2ccc([O-])cc2)nc(NS(=O)(=O)c2ccc(C(C)(C)C)cc2)c1Oc1ccccc1[O-]. The monoisotopic (exact) mass is 577 g/mol. The molecular weight excluding hydrogens is 546 g/mol. The van der Waals surface area contributed by atoms with Gasteiger partial charge in [-0.1, -0.05) is 88.0 Å². The lowest BCUT2D eigenvalue weighted by Crippen LogP contribution is -2.19. The molecule has 3 aromatic carbocycles. The molecular formula is C30H31N3O7S-2. The number of nitrogens with one attached hydrogen (secondary N) is 1. The lowest BCUT2D eigenvalue weighted by atomic mass is 9.87. The minimum absolute atomic E-state index is 0.0227. The van der Waals surface area contributed by atoms with Crippen molar-refractivity contribution in [2.24, 2.45) is 0 Å². The van der Waals surface area contributed by atoms with E-state index in [-0.39, 0.29) is 51.7 Å². The van der Waals surface area contributed by atoms with Gasteiger partial charge in [-0.25, -0.2) is 13.4 Å². The van der Waals surface area contributed by atoms with Crippen LogP contribution in [0.5, 0.6) is 28.9 Å². The van der Waals surface area contributed by atoms with Crippen LogP contribution in [0.3, 0.4) is 0 Å². The summed E-state index contributed by atoms with van der Waals surface area (Å²) in [7, 11) is -4.21. The number of hydrogen-bond donors (Lipinski definition) is 2. The van der Waals surface area contributed by atoms with Crippen LogP contribution in [0.2, 0.25) is 0 Å². The van der Waals surface area contributed by atoms with Crippen molar-refractivity contribution in [1.82, 2.24) is 9.97 Å². The number of ether oxygens (including phenoxy) is 2. The Balaban J connectivity index is 1.86. The van der Waals surface area contributed by atoms with Crippen molar-refractivity contribution < 1.29 is 33.2 Å². The summed E-state index contributed by atoms with van der Waals surface area (Å²) in [6.45, 7) is 7.63. The first-order chi connectivity index (χ1) is 19.4. The number of hydrogen-bond acceptors (Lipinski definition) is 9. The third-order valence-electron chi connectivity index (χ3n) is 6.15. The van der Waals surface area contributed by atoms with Crippen molar-refractivity contribution in [3.8, 4) is 40.3 Å². The van der Waals surface area contributed by atoms with Gasteiger partial charge in [0.2, 0.25) is 5.75 Å². The smallest absolute Gasteiger partial charge is 0.263 e. The van der Waals surface area contributed by atoms with Gasteiger partial charge < -0.3 is 24.8 Å². The number of benzene rings is 3. The van der Waals surface area contributed by atoms with Crippen molar-refractivity contribution in [2.45, 2.75) is 50.5 Å². The number of para-hydroxylation sites is 2. The Morgan fingerprint density at radius 2 is 1.61 bits per heavy atom. The summed E-state index contributed by atoms with van der Waals surface area (Å²) in [5.74, 6) is -1.57. The van der Waals surface area contributed by atoms with Crippen LogP contribution in [0.4, 0.5) is 5.82 Å². The summed E-state index contributed by atoms with van der Waals surface area (Å²) in [6.07, 6.45) is -0.471. The number of rotatable bonds is 10. The molecule has 1 aromatic heterocycles. The fourth-order valence-electron chi connectivity index (χ4n) is 3.68. The van der Waals surface area contributed by atoms with E-state index in [4.69, 9.17) is 9.47 Å². The molecule has 4 rings (SSSR count). The second kappa shape index (κ2) is 12.0. The van der Waals surface area contributed by atoms with Gasteiger partial charge in [-0.3, -0.25) is 4.72 Å². The van der Waals surface area contributed by atoms with E-state index in [2.05, 4.69) is 14.7 Å². The molecule has 0 saturated heterocycles. The number of aliphatic hydroxyl groups excluding tert-OH is 1. The highest BCUT2D eigenvalue weighted by Gasteiger charge is 2.25. The van der Waals surface area contributed by atoms with Gasteiger partial charge in [-0.05, 0) is 35.6 Å². The number of aliphatic hydroxyl groups is 1. The van der Waals surface area contributed by atoms with Crippen LogP contribution in [0.1, 0.15) is 39.7 Å². The van der Waals surface area contributed by atoms with E-state index in [0.29, 0.717) is 12.0 Å². The van der Waals surface area contributed by atoms with Crippen molar-refractivity contribution in [2.75, 3.05) is 11.3 Å². The Morgan fingerprint density at radius 3 is 2.22 bits per heavy atom. The zero-order valence-electron chi connectivity index (χ0n) is 23.1. The van der Waals surface area contributed by atoms with E-state index in [1.165, 1.54) is 54.6 Å². The molecule has 1 unspecified atom stereocenters. The Kier molecular flexibility index (Phi) is 8.69. The maximum atomic E-state index is 13.5. The van der Waals surface area contributed by atoms with E-state index in [1.807, 2.05) is 20.8 Å². The van der Waals surface area contributed by atoms with Crippen LogP contribution in [-0.4, -0.2) is 36.2 Å². The fraction of sp³-hybridized carbons (Fsp3) is 0.267. The molecule has 0 spiro atoms. The second-order valence-electron chi connectivity index (χ2n) is 10.4. The molecule has 216 valence electrons. The molecule has 10 nitrogen and oxygen atoms in total. The molecule has 11 heteroatoms. The molecule has 1 heterocycles. The van der Waals surface area contributed by atoms with Gasteiger partial charge in [0.05, 0.1) is 11.0 Å². The first-order valence-corrected chi connectivity index (χ1v) is 14.4. The van der Waals surface area contributed by atoms with Gasteiger partial charge in [-0.15, -0.1) is 5.75 Å². The minimum atomic E-state index is -4.21. The first kappa shape index (κ1) is 29.6. The van der Waals surface area contributed by atoms with Gasteiger partial charge in [0.15, 0.2) is 11.6 Å². The molecule has 2 N–H and O–H groups in total. The Labute approximate surface area is 239 Å². The standard InChI is InChI=1S/C30H33N3O7S/c1-5-21(34)18-39-29-26(40-25-9-7-6-8-24(25)36)28(31-27(32-29)19-10-14-22(35)15-11-19)33-41(37,38)23-16-12-20(13-17-23)30(2,3)4/h6-17,21,34-36H,5,18H2,1-4H3,(H,31,32,33)/p-2. The van der Waals surface area contributed by atoms with E-state index in [1.54, 1.807) is 25.1 Å². The predicted octanol–water partition coefficient (Wildman–Crippen LogP) is 4.33. The topological polar surface area (TPSA) is 157 Å². The Bertz CT molecular complexity index is 1600. The lowest BCUT2D eigenvalue weighted by Gasteiger charge is -2.21. The minimum Gasteiger partial charge on any atom is -0.872 e. The van der Waals surface area contributed by atoms with E-state index in [9.17, 15) is 23.7 Å². The van der Waals surface area contributed by atoms with Gasteiger partial charge >= 0.3 is 0 Å². The van der Waals surface area contributed by atoms with Crippen LogP contribution in [0.25, 0.3) is 11.4 Å². The maximum absolute atomic E-state index is 13.5. The van der Waals surface area contributed by atoms with Gasteiger partial charge in [0.25, 0.3) is 15.9 Å². The molecule has 0 aliphatic heterocycles. The molecule has 0 radical (unpaired) electrons. The molecule has 0 fully saturated rings. The zero-order valence-corrected chi connectivity index (χ0v) is 23.9. The van der Waals surface area contributed by atoms with Crippen LogP contribution in [-0.2, 0) is 15.4 Å². The van der Waals surface area contributed by atoms with E-state index < -0.39 is 21.9 Å². The highest BCUT2D eigenvalue weighted by atomic mass is 32.2. The molecule has 0 bridgehead atoms. The quantitative estimate of drug-likeness (QED) is 0.280. The number of anilines is 1. The number of nitrogens with zero attached hydrogens (tertiary/aromatic N) is 2. The highest BCUT2D eigenvalue weighted by Crippen LogP contribution is 2.41. The first-order valence-electron chi connectivity index (χ1n) is 12.9. The normalized spacial score (nSPS) is 12.5. The summed E-state index contributed by atoms with van der Waals surface area (Å²) >= 11 is 0. The van der Waals surface area contributed by atoms with Crippen LogP contribution < -0.4 is 24.4 Å². The third-order valence-corrected chi connectivity index (χ3v) is 7.51. The highest BCUT2D eigenvalue weighted by molar-refractivity contribution is 7.92. The molecule has 0 aliphatic carbocycles. The second-order valence-corrected chi connectivity index (χ2v) is 12.0. The van der Waals surface area contributed by atoms with Gasteiger partial charge in [-0.2, -0.15) is 4.98 Å². The summed E-state index contributed by atoms with van der Waals surface area (Å²) < 4.78 is 41.2. The molecule has 4 aromatic rings. The average Bonchev–Trinajstić information content (AvgIpc) is 2.93. The molecule has 41 heavy (non-hydrogen) atoms. The van der Waals surface area contributed by atoms with Crippen molar-refractivity contribution >= 4 is 15.8 Å². The Hall–Kier alpha value is -4.35. The summed E-state index contributed by atoms with van der Waals surface area (Å²) in [6, 6.07) is 17.9. The van der Waals surface area contributed by atoms with E-state index in [0.717, 1.165) is 5.56 Å². The van der Waals surface area contributed by atoms with Crippen molar-refractivity contribution in [3.05, 3.63) is 78.4 Å². The Morgan fingerprint density at radius 1 is 0.951 bits per heavy atom. The average molecular weight is 578 g/mol. The largest absolute Gasteiger partial charge is 0.872 e. The lowest BCUT2D eigenvalue weighted by molar-refractivity contribution is -0.270. The van der Waals surface area contributed by atoms with Gasteiger partial charge in [0, 0.05) is 5.56 Å². The molecule has 0 aliphatic rings. The molecule has 1 atom stereocenters. The third kappa shape index (κ3) is 7.24. The van der Waals surface area contributed by atoms with Crippen molar-refractivity contribution in [1.29, 1.82) is 0 Å². The fourth-order valence-corrected chi connectivity index (χ4v) is 4.68. The van der Waals surface area contributed by atoms with Crippen molar-refractivity contribution in [3.63, 3.8) is 0 Å². The summed E-state index contributed by atoms with van der Waals surface area (Å²) in [5, 5.41) is 34.3. The molecule has 0 saturated carbocycles. The zero-order chi connectivity index (χ0) is 29.8.